The smallest absolute Gasteiger partial charge is 0.357 e. The third kappa shape index (κ3) is 3.60. The van der Waals surface area contributed by atoms with Crippen LogP contribution >= 0.6 is 11.3 Å². The highest BCUT2D eigenvalue weighted by molar-refractivity contribution is 7.89. The van der Waals surface area contributed by atoms with E-state index in [2.05, 4.69) is 9.72 Å². The number of hydrogen-bond acceptors (Lipinski definition) is 6. The first-order valence-corrected chi connectivity index (χ1v) is 10.8. The Labute approximate surface area is 161 Å². The Bertz CT molecular complexity index is 1100. The van der Waals surface area contributed by atoms with Crippen LogP contribution in [0.4, 0.5) is 0 Å². The summed E-state index contributed by atoms with van der Waals surface area (Å²) >= 11 is 1.26. The van der Waals surface area contributed by atoms with Gasteiger partial charge in [0.05, 0.1) is 18.6 Å². The Balaban J connectivity index is 1.66. The maximum Gasteiger partial charge on any atom is 0.357 e. The van der Waals surface area contributed by atoms with Crippen molar-refractivity contribution in [2.45, 2.75) is 30.3 Å². The first-order valence-electron chi connectivity index (χ1n) is 8.52. The molecule has 0 saturated heterocycles. The lowest BCUT2D eigenvalue weighted by Crippen LogP contribution is -2.32. The molecule has 1 fully saturated rings. The molecule has 8 heteroatoms. The summed E-state index contributed by atoms with van der Waals surface area (Å²) in [5.74, 6) is -0.521. The Morgan fingerprint density at radius 3 is 2.67 bits per heavy atom. The molecule has 0 spiro atoms. The van der Waals surface area contributed by atoms with Gasteiger partial charge in [0.2, 0.25) is 10.0 Å². The molecule has 4 rings (SSSR count). The number of esters is 1. The van der Waals surface area contributed by atoms with E-state index in [1.165, 1.54) is 22.8 Å². The predicted molar refractivity (Wildman–Crippen MR) is 103 cm³/mol. The van der Waals surface area contributed by atoms with Crippen LogP contribution in [0, 0.1) is 0 Å². The van der Waals surface area contributed by atoms with Crippen molar-refractivity contribution in [3.05, 3.63) is 58.5 Å². The topological polar surface area (TPSA) is 76.6 Å². The van der Waals surface area contributed by atoms with Gasteiger partial charge in [-0.1, -0.05) is 30.3 Å². The quantitative estimate of drug-likeness (QED) is 0.591. The van der Waals surface area contributed by atoms with Crippen molar-refractivity contribution in [2.24, 2.45) is 0 Å². The van der Waals surface area contributed by atoms with Crippen LogP contribution < -0.4 is 0 Å². The Morgan fingerprint density at radius 1 is 1.22 bits per heavy atom. The Kier molecular flexibility index (Phi) is 4.71. The molecule has 6 nitrogen and oxygen atoms in total. The molecule has 1 heterocycles. The van der Waals surface area contributed by atoms with Gasteiger partial charge >= 0.3 is 5.97 Å². The van der Waals surface area contributed by atoms with Gasteiger partial charge in [0, 0.05) is 11.4 Å². The number of nitrogens with zero attached hydrogens (tertiary/aromatic N) is 2. The van der Waals surface area contributed by atoms with Gasteiger partial charge in [-0.25, -0.2) is 18.2 Å². The molecule has 2 aromatic carbocycles. The van der Waals surface area contributed by atoms with Crippen molar-refractivity contribution in [1.29, 1.82) is 0 Å². The average molecular weight is 402 g/mol. The fourth-order valence-corrected chi connectivity index (χ4v) is 5.48. The fraction of sp³-hybridized carbons (Fsp3) is 0.263. The number of carbonyl (C=O) groups is 1. The minimum Gasteiger partial charge on any atom is -0.464 e. The molecule has 1 aromatic heterocycles. The minimum absolute atomic E-state index is 0.0213. The van der Waals surface area contributed by atoms with Crippen LogP contribution in [0.15, 0.2) is 52.7 Å². The third-order valence-corrected chi connectivity index (χ3v) is 7.25. The largest absolute Gasteiger partial charge is 0.464 e. The maximum atomic E-state index is 13.3. The summed E-state index contributed by atoms with van der Waals surface area (Å²) in [6, 6.07) is 12.8. The van der Waals surface area contributed by atoms with Gasteiger partial charge in [-0.2, -0.15) is 4.31 Å². The molecule has 1 saturated carbocycles. The maximum absolute atomic E-state index is 13.3. The SMILES string of the molecule is COC(=O)c1csc(CN(C2CC2)S(=O)(=O)c2ccc3ccccc3c2)n1. The molecule has 27 heavy (non-hydrogen) atoms. The number of benzene rings is 2. The van der Waals surface area contributed by atoms with Crippen molar-refractivity contribution in [3.8, 4) is 0 Å². The fourth-order valence-electron chi connectivity index (χ4n) is 2.95. The minimum atomic E-state index is -3.66. The highest BCUT2D eigenvalue weighted by Gasteiger charge is 2.38. The zero-order valence-electron chi connectivity index (χ0n) is 14.7. The van der Waals surface area contributed by atoms with Crippen LogP contribution in [0.25, 0.3) is 10.8 Å². The number of fused-ring (bicyclic) bond motifs is 1. The lowest BCUT2D eigenvalue weighted by Gasteiger charge is -2.21. The van der Waals surface area contributed by atoms with Gasteiger partial charge in [-0.05, 0) is 35.7 Å². The summed E-state index contributed by atoms with van der Waals surface area (Å²) in [5.41, 5.74) is 0.205. The first kappa shape index (κ1) is 18.1. The van der Waals surface area contributed by atoms with Crippen molar-refractivity contribution in [2.75, 3.05) is 7.11 Å². The van der Waals surface area contributed by atoms with Crippen LogP contribution in [-0.4, -0.2) is 36.8 Å². The number of hydrogen-bond donors (Lipinski definition) is 0. The highest BCUT2D eigenvalue weighted by atomic mass is 32.2. The van der Waals surface area contributed by atoms with E-state index in [1.807, 2.05) is 30.3 Å². The van der Waals surface area contributed by atoms with Crippen LogP contribution in [0.3, 0.4) is 0 Å². The van der Waals surface area contributed by atoms with E-state index in [0.29, 0.717) is 5.01 Å². The summed E-state index contributed by atoms with van der Waals surface area (Å²) in [4.78, 5) is 16.1. The van der Waals surface area contributed by atoms with Crippen molar-refractivity contribution in [1.82, 2.24) is 9.29 Å². The zero-order valence-corrected chi connectivity index (χ0v) is 16.3. The molecular weight excluding hydrogens is 384 g/mol. The summed E-state index contributed by atoms with van der Waals surface area (Å²) < 4.78 is 32.7. The van der Waals surface area contributed by atoms with E-state index < -0.39 is 16.0 Å². The van der Waals surface area contributed by atoms with Crippen LogP contribution in [0.5, 0.6) is 0 Å². The number of thiazole rings is 1. The van der Waals surface area contributed by atoms with E-state index in [0.717, 1.165) is 23.6 Å². The molecule has 0 N–H and O–H groups in total. The van der Waals surface area contributed by atoms with E-state index in [1.54, 1.807) is 17.5 Å². The number of methoxy groups -OCH3 is 1. The molecule has 0 radical (unpaired) electrons. The van der Waals surface area contributed by atoms with Crippen LogP contribution in [0.1, 0.15) is 28.3 Å². The molecule has 0 bridgehead atoms. The van der Waals surface area contributed by atoms with Gasteiger partial charge in [0.1, 0.15) is 5.01 Å². The molecule has 1 aliphatic rings. The third-order valence-electron chi connectivity index (χ3n) is 4.52. The Hall–Kier alpha value is -2.29. The van der Waals surface area contributed by atoms with Crippen LogP contribution in [0.2, 0.25) is 0 Å². The molecule has 140 valence electrons. The van der Waals surface area contributed by atoms with Crippen LogP contribution in [-0.2, 0) is 21.3 Å². The monoisotopic (exact) mass is 402 g/mol. The second-order valence-corrected chi connectivity index (χ2v) is 9.24. The summed E-state index contributed by atoms with van der Waals surface area (Å²) in [5, 5.41) is 4.05. The van der Waals surface area contributed by atoms with E-state index in [-0.39, 0.29) is 23.2 Å². The molecule has 0 amide bonds. The predicted octanol–water partition coefficient (Wildman–Crippen LogP) is 3.44. The average Bonchev–Trinajstić information content (AvgIpc) is 3.42. The number of ether oxygens (including phenoxy) is 1. The van der Waals surface area contributed by atoms with Gasteiger partial charge in [0.25, 0.3) is 0 Å². The zero-order chi connectivity index (χ0) is 19.0. The summed E-state index contributed by atoms with van der Waals surface area (Å²) in [6.07, 6.45) is 1.67. The molecule has 0 unspecified atom stereocenters. The first-order chi connectivity index (χ1) is 13.0. The number of rotatable bonds is 6. The van der Waals surface area contributed by atoms with E-state index in [4.69, 9.17) is 0 Å². The summed E-state index contributed by atoms with van der Waals surface area (Å²) in [6.45, 7) is 0.154. The Morgan fingerprint density at radius 2 is 1.96 bits per heavy atom. The molecular formula is C19H18N2O4S2. The molecule has 0 atom stereocenters. The second kappa shape index (κ2) is 7.03. The second-order valence-electron chi connectivity index (χ2n) is 6.41. The van der Waals surface area contributed by atoms with Gasteiger partial charge in [-0.3, -0.25) is 0 Å². The molecule has 1 aliphatic carbocycles. The van der Waals surface area contributed by atoms with Gasteiger partial charge < -0.3 is 4.74 Å². The van der Waals surface area contributed by atoms with Crippen molar-refractivity contribution >= 4 is 38.1 Å². The summed E-state index contributed by atoms with van der Waals surface area (Å²) in [7, 11) is -2.37. The van der Waals surface area contributed by atoms with Gasteiger partial charge in [-0.15, -0.1) is 11.3 Å². The van der Waals surface area contributed by atoms with E-state index >= 15 is 0 Å². The van der Waals surface area contributed by atoms with Crippen molar-refractivity contribution < 1.29 is 17.9 Å². The highest BCUT2D eigenvalue weighted by Crippen LogP contribution is 2.34. The number of aromatic nitrogens is 1. The standard InChI is InChI=1S/C19H18N2O4S2/c1-25-19(22)17-12-26-18(20-17)11-21(15-7-8-15)27(23,24)16-9-6-13-4-2-3-5-14(13)10-16/h2-6,9-10,12,15H,7-8,11H2,1H3. The normalized spacial score (nSPS) is 14.6. The number of sulfonamides is 1. The van der Waals surface area contributed by atoms with E-state index in [9.17, 15) is 13.2 Å². The lowest BCUT2D eigenvalue weighted by atomic mass is 10.1. The lowest BCUT2D eigenvalue weighted by molar-refractivity contribution is 0.0594. The van der Waals surface area contributed by atoms with Gasteiger partial charge in [0.15, 0.2) is 5.69 Å². The number of carbonyl (C=O) groups excluding carboxylic acids is 1. The van der Waals surface area contributed by atoms with Crippen molar-refractivity contribution in [3.63, 3.8) is 0 Å². The molecule has 3 aromatic rings. The molecule has 0 aliphatic heterocycles.